The fraction of sp³-hybridized carbons (Fsp3) is 0.391. The summed E-state index contributed by atoms with van der Waals surface area (Å²) in [5.41, 5.74) is 4.47. The van der Waals surface area contributed by atoms with Crippen molar-refractivity contribution in [1.29, 1.82) is 0 Å². The van der Waals surface area contributed by atoms with Gasteiger partial charge in [-0.2, -0.15) is 0 Å². The van der Waals surface area contributed by atoms with Crippen LogP contribution in [0.5, 0.6) is 0 Å². The number of fused-ring (bicyclic) bond motifs is 1. The molecule has 0 atom stereocenters. The Morgan fingerprint density at radius 3 is 2.55 bits per heavy atom. The molecule has 2 heterocycles. The number of imidazole rings is 1. The summed E-state index contributed by atoms with van der Waals surface area (Å²) < 4.78 is 4.79. The molecule has 0 bridgehead atoms. The van der Waals surface area contributed by atoms with Crippen molar-refractivity contribution in [1.82, 2.24) is 14.9 Å². The lowest BCUT2D eigenvalue weighted by Crippen LogP contribution is -2.46. The summed E-state index contributed by atoms with van der Waals surface area (Å²) in [6, 6.07) is 13.9. The van der Waals surface area contributed by atoms with Gasteiger partial charge in [-0.15, -0.1) is 0 Å². The molecule has 0 saturated carbocycles. The number of benzene rings is 2. The van der Waals surface area contributed by atoms with Gasteiger partial charge in [0.05, 0.1) is 23.7 Å². The Morgan fingerprint density at radius 2 is 1.86 bits per heavy atom. The van der Waals surface area contributed by atoms with E-state index >= 15 is 0 Å². The first kappa shape index (κ1) is 19.5. The van der Waals surface area contributed by atoms with Crippen LogP contribution in [-0.4, -0.2) is 60.7 Å². The molecule has 4 rings (SSSR count). The number of H-pyrrole nitrogens is 1. The molecule has 1 fully saturated rings. The third-order valence-electron chi connectivity index (χ3n) is 5.61. The predicted molar refractivity (Wildman–Crippen MR) is 116 cm³/mol. The Morgan fingerprint density at radius 1 is 1.10 bits per heavy atom. The molecule has 1 aliphatic heterocycles. The van der Waals surface area contributed by atoms with Crippen molar-refractivity contribution in [2.24, 2.45) is 0 Å². The number of esters is 1. The minimum Gasteiger partial charge on any atom is -0.465 e. The molecule has 2 aromatic carbocycles. The molecule has 6 heteroatoms. The minimum atomic E-state index is -0.345. The molecule has 0 spiro atoms. The van der Waals surface area contributed by atoms with Crippen LogP contribution in [0.3, 0.4) is 0 Å². The summed E-state index contributed by atoms with van der Waals surface area (Å²) in [6.07, 6.45) is 2.54. The van der Waals surface area contributed by atoms with Gasteiger partial charge in [0.1, 0.15) is 5.82 Å². The molecule has 152 valence electrons. The maximum atomic E-state index is 11.7. The highest BCUT2D eigenvalue weighted by molar-refractivity contribution is 5.94. The number of hydrogen-bond acceptors (Lipinski definition) is 5. The van der Waals surface area contributed by atoms with Crippen LogP contribution in [0, 0.1) is 0 Å². The second kappa shape index (κ2) is 8.66. The van der Waals surface area contributed by atoms with E-state index in [0.29, 0.717) is 5.56 Å². The zero-order valence-corrected chi connectivity index (χ0v) is 17.1. The first-order chi connectivity index (χ1) is 14.2. The van der Waals surface area contributed by atoms with E-state index in [9.17, 15) is 4.79 Å². The summed E-state index contributed by atoms with van der Waals surface area (Å²) in [7, 11) is 1.39. The summed E-state index contributed by atoms with van der Waals surface area (Å²) in [6.45, 7) is 7.88. The van der Waals surface area contributed by atoms with Gasteiger partial charge in [-0.1, -0.05) is 13.3 Å². The first-order valence-corrected chi connectivity index (χ1v) is 10.3. The number of nitrogens with zero attached hydrogens (tertiary/aromatic N) is 3. The predicted octanol–water partition coefficient (Wildman–Crippen LogP) is 3.94. The second-order valence-corrected chi connectivity index (χ2v) is 7.54. The standard InChI is InChI=1S/C23H28N4O2/c1-3-4-11-26-12-14-27(15-13-26)19-8-5-17(6-9-19)22-24-20-10-7-18(23(28)29-2)16-21(20)25-22/h5-10,16H,3-4,11-15H2,1-2H3,(H,24,25). The van der Waals surface area contributed by atoms with E-state index in [4.69, 9.17) is 4.74 Å². The van der Waals surface area contributed by atoms with Crippen LogP contribution in [0.15, 0.2) is 42.5 Å². The van der Waals surface area contributed by atoms with E-state index in [1.54, 1.807) is 12.1 Å². The van der Waals surface area contributed by atoms with Crippen molar-refractivity contribution in [2.75, 3.05) is 44.7 Å². The molecule has 0 amide bonds. The molecule has 6 nitrogen and oxygen atoms in total. The van der Waals surface area contributed by atoms with Crippen LogP contribution in [0.25, 0.3) is 22.4 Å². The van der Waals surface area contributed by atoms with Crippen LogP contribution < -0.4 is 4.90 Å². The van der Waals surface area contributed by atoms with Gasteiger partial charge < -0.3 is 14.6 Å². The maximum absolute atomic E-state index is 11.7. The molecule has 1 aliphatic rings. The number of carbonyl (C=O) groups is 1. The van der Waals surface area contributed by atoms with Crippen molar-refractivity contribution in [3.05, 3.63) is 48.0 Å². The third-order valence-corrected chi connectivity index (χ3v) is 5.61. The molecule has 0 unspecified atom stereocenters. The largest absolute Gasteiger partial charge is 0.465 e. The van der Waals surface area contributed by atoms with Gasteiger partial charge in [0, 0.05) is 37.4 Å². The van der Waals surface area contributed by atoms with E-state index in [-0.39, 0.29) is 5.97 Å². The van der Waals surface area contributed by atoms with Gasteiger partial charge >= 0.3 is 5.97 Å². The molecule has 1 saturated heterocycles. The number of aromatic nitrogens is 2. The number of nitrogens with one attached hydrogen (secondary N) is 1. The summed E-state index contributed by atoms with van der Waals surface area (Å²) in [4.78, 5) is 24.7. The second-order valence-electron chi connectivity index (χ2n) is 7.54. The summed E-state index contributed by atoms with van der Waals surface area (Å²) in [5, 5.41) is 0. The highest BCUT2D eigenvalue weighted by Crippen LogP contribution is 2.25. The number of rotatable bonds is 6. The minimum absolute atomic E-state index is 0.345. The number of ether oxygens (including phenoxy) is 1. The highest BCUT2D eigenvalue weighted by atomic mass is 16.5. The Balaban J connectivity index is 1.46. The van der Waals surface area contributed by atoms with Crippen molar-refractivity contribution < 1.29 is 9.53 Å². The molecule has 0 aliphatic carbocycles. The van der Waals surface area contributed by atoms with Gasteiger partial charge in [-0.3, -0.25) is 4.90 Å². The lowest BCUT2D eigenvalue weighted by molar-refractivity contribution is 0.0601. The van der Waals surface area contributed by atoms with Gasteiger partial charge in [0.15, 0.2) is 0 Å². The average Bonchev–Trinajstić information content (AvgIpc) is 3.21. The van der Waals surface area contributed by atoms with Crippen molar-refractivity contribution in [2.45, 2.75) is 19.8 Å². The van der Waals surface area contributed by atoms with Crippen LogP contribution in [-0.2, 0) is 4.74 Å². The van der Waals surface area contributed by atoms with Crippen molar-refractivity contribution in [3.63, 3.8) is 0 Å². The van der Waals surface area contributed by atoms with E-state index in [2.05, 4.69) is 51.0 Å². The molecular weight excluding hydrogens is 364 g/mol. The smallest absolute Gasteiger partial charge is 0.337 e. The monoisotopic (exact) mass is 392 g/mol. The third kappa shape index (κ3) is 4.27. The van der Waals surface area contributed by atoms with Crippen LogP contribution in [0.4, 0.5) is 5.69 Å². The topological polar surface area (TPSA) is 61.5 Å². The number of piperazine rings is 1. The van der Waals surface area contributed by atoms with Crippen molar-refractivity contribution in [3.8, 4) is 11.4 Å². The highest BCUT2D eigenvalue weighted by Gasteiger charge is 2.17. The lowest BCUT2D eigenvalue weighted by atomic mass is 10.1. The Hall–Kier alpha value is -2.86. The number of methoxy groups -OCH3 is 1. The quantitative estimate of drug-likeness (QED) is 0.644. The van der Waals surface area contributed by atoms with E-state index in [1.807, 2.05) is 6.07 Å². The Bertz CT molecular complexity index is 972. The van der Waals surface area contributed by atoms with E-state index in [1.165, 1.54) is 32.2 Å². The zero-order chi connectivity index (χ0) is 20.2. The van der Waals surface area contributed by atoms with Crippen LogP contribution >= 0.6 is 0 Å². The Kier molecular flexibility index (Phi) is 5.81. The molecule has 1 aromatic heterocycles. The van der Waals surface area contributed by atoms with Gasteiger partial charge in [-0.05, 0) is 55.4 Å². The van der Waals surface area contributed by atoms with Crippen molar-refractivity contribution >= 4 is 22.7 Å². The molecule has 0 radical (unpaired) electrons. The lowest BCUT2D eigenvalue weighted by Gasteiger charge is -2.36. The van der Waals surface area contributed by atoms with E-state index < -0.39 is 0 Å². The fourth-order valence-corrected chi connectivity index (χ4v) is 3.83. The zero-order valence-electron chi connectivity index (χ0n) is 17.1. The maximum Gasteiger partial charge on any atom is 0.337 e. The average molecular weight is 393 g/mol. The van der Waals surface area contributed by atoms with Crippen LogP contribution in [0.2, 0.25) is 0 Å². The first-order valence-electron chi connectivity index (χ1n) is 10.3. The normalized spacial score (nSPS) is 15.0. The number of unbranched alkanes of at least 4 members (excludes halogenated alkanes) is 1. The van der Waals surface area contributed by atoms with E-state index in [0.717, 1.165) is 48.6 Å². The summed E-state index contributed by atoms with van der Waals surface area (Å²) >= 11 is 0. The number of hydrogen-bond donors (Lipinski definition) is 1. The van der Waals surface area contributed by atoms with Crippen LogP contribution in [0.1, 0.15) is 30.1 Å². The number of carbonyl (C=O) groups excluding carboxylic acids is 1. The molecular formula is C23H28N4O2. The summed E-state index contributed by atoms with van der Waals surface area (Å²) in [5.74, 6) is 0.458. The van der Waals surface area contributed by atoms with Gasteiger partial charge in [0.2, 0.25) is 0 Å². The van der Waals surface area contributed by atoms with Gasteiger partial charge in [0.25, 0.3) is 0 Å². The molecule has 3 aromatic rings. The molecule has 1 N–H and O–H groups in total. The van der Waals surface area contributed by atoms with Gasteiger partial charge in [-0.25, -0.2) is 9.78 Å². The molecule has 29 heavy (non-hydrogen) atoms. The number of anilines is 1. The SMILES string of the molecule is CCCCN1CCN(c2ccc(-c3nc4ccc(C(=O)OC)cc4[nH]3)cc2)CC1. The Labute approximate surface area is 171 Å². The number of aromatic amines is 1. The fourth-order valence-electron chi connectivity index (χ4n) is 3.83.